The Hall–Kier alpha value is -0.820. The predicted molar refractivity (Wildman–Crippen MR) is 83.8 cm³/mol. The highest BCUT2D eigenvalue weighted by Gasteiger charge is 2.35. The van der Waals surface area contributed by atoms with Crippen LogP contribution in [0.15, 0.2) is 18.2 Å². The Bertz CT molecular complexity index is 388. The summed E-state index contributed by atoms with van der Waals surface area (Å²) in [6.07, 6.45) is 5.42. The first-order valence-electron chi connectivity index (χ1n) is 7.85. The lowest BCUT2D eigenvalue weighted by molar-refractivity contribution is 0.234. The summed E-state index contributed by atoms with van der Waals surface area (Å²) in [4.78, 5) is 0. The summed E-state index contributed by atoms with van der Waals surface area (Å²) in [7, 11) is 0. The fourth-order valence-corrected chi connectivity index (χ4v) is 3.53. The first-order valence-corrected chi connectivity index (χ1v) is 7.85. The largest absolute Gasteiger partial charge is 0.316 e. The average molecular weight is 259 g/mol. The molecule has 1 heteroatoms. The molecule has 0 amide bonds. The summed E-state index contributed by atoms with van der Waals surface area (Å²) in [5, 5.41) is 3.61. The highest BCUT2D eigenvalue weighted by Crippen LogP contribution is 2.41. The number of hydrogen-bond acceptors (Lipinski definition) is 1. The molecule has 1 aromatic carbocycles. The van der Waals surface area contributed by atoms with Crippen LogP contribution in [0.5, 0.6) is 0 Å². The standard InChI is InChI=1S/C18H29N/c1-5-19-13-18(8-6-14(2)7-9-18)17-11-15(3)10-16(4)12-17/h10-12,14,19H,5-9,13H2,1-4H3. The third-order valence-electron chi connectivity index (χ3n) is 4.78. The van der Waals surface area contributed by atoms with Gasteiger partial charge < -0.3 is 5.32 Å². The molecule has 1 aliphatic rings. The zero-order valence-corrected chi connectivity index (χ0v) is 13.1. The van der Waals surface area contributed by atoms with Gasteiger partial charge in [-0.15, -0.1) is 0 Å². The van der Waals surface area contributed by atoms with Crippen molar-refractivity contribution in [2.45, 2.75) is 58.8 Å². The van der Waals surface area contributed by atoms with E-state index in [4.69, 9.17) is 0 Å². The normalized spacial score (nSPS) is 27.5. The summed E-state index contributed by atoms with van der Waals surface area (Å²) >= 11 is 0. The monoisotopic (exact) mass is 259 g/mol. The Labute approximate surface area is 118 Å². The number of aryl methyl sites for hydroxylation is 2. The van der Waals surface area contributed by atoms with Crippen molar-refractivity contribution in [1.82, 2.24) is 5.32 Å². The quantitative estimate of drug-likeness (QED) is 0.847. The SMILES string of the molecule is CCNCC1(c2cc(C)cc(C)c2)CCC(C)CC1. The van der Waals surface area contributed by atoms with Crippen LogP contribution < -0.4 is 5.32 Å². The van der Waals surface area contributed by atoms with Crippen LogP contribution in [-0.2, 0) is 5.41 Å². The van der Waals surface area contributed by atoms with Gasteiger partial charge in [-0.3, -0.25) is 0 Å². The zero-order valence-electron chi connectivity index (χ0n) is 13.1. The van der Waals surface area contributed by atoms with Gasteiger partial charge in [-0.1, -0.05) is 43.2 Å². The minimum Gasteiger partial charge on any atom is -0.316 e. The van der Waals surface area contributed by atoms with Crippen LogP contribution in [0.2, 0.25) is 0 Å². The number of benzene rings is 1. The summed E-state index contributed by atoms with van der Waals surface area (Å²) < 4.78 is 0. The maximum absolute atomic E-state index is 3.61. The van der Waals surface area contributed by atoms with E-state index in [0.29, 0.717) is 5.41 Å². The van der Waals surface area contributed by atoms with E-state index in [1.165, 1.54) is 36.8 Å². The van der Waals surface area contributed by atoms with E-state index in [1.54, 1.807) is 5.56 Å². The molecule has 0 spiro atoms. The van der Waals surface area contributed by atoms with Gasteiger partial charge in [0, 0.05) is 12.0 Å². The third kappa shape index (κ3) is 3.39. The van der Waals surface area contributed by atoms with Crippen molar-refractivity contribution in [3.8, 4) is 0 Å². The van der Waals surface area contributed by atoms with E-state index >= 15 is 0 Å². The molecule has 19 heavy (non-hydrogen) atoms. The van der Waals surface area contributed by atoms with Crippen LogP contribution in [0.1, 0.15) is 56.2 Å². The smallest absolute Gasteiger partial charge is 0.00781 e. The van der Waals surface area contributed by atoms with Crippen molar-refractivity contribution in [3.63, 3.8) is 0 Å². The Morgan fingerprint density at radius 3 is 2.21 bits per heavy atom. The minimum atomic E-state index is 0.374. The molecule has 1 saturated carbocycles. The lowest BCUT2D eigenvalue weighted by atomic mass is 9.66. The van der Waals surface area contributed by atoms with Crippen LogP contribution >= 0.6 is 0 Å². The van der Waals surface area contributed by atoms with E-state index in [9.17, 15) is 0 Å². The van der Waals surface area contributed by atoms with E-state index < -0.39 is 0 Å². The Morgan fingerprint density at radius 2 is 1.68 bits per heavy atom. The topological polar surface area (TPSA) is 12.0 Å². The Balaban J connectivity index is 2.30. The molecule has 2 rings (SSSR count). The maximum Gasteiger partial charge on any atom is 0.00781 e. The summed E-state index contributed by atoms with van der Waals surface area (Å²) in [5.41, 5.74) is 4.76. The molecule has 0 atom stereocenters. The van der Waals surface area contributed by atoms with Crippen molar-refractivity contribution in [2.24, 2.45) is 5.92 Å². The first kappa shape index (κ1) is 14.6. The highest BCUT2D eigenvalue weighted by molar-refractivity contribution is 5.35. The second-order valence-electron chi connectivity index (χ2n) is 6.62. The molecule has 1 aromatic rings. The maximum atomic E-state index is 3.61. The van der Waals surface area contributed by atoms with Gasteiger partial charge in [0.25, 0.3) is 0 Å². The molecule has 1 aliphatic carbocycles. The van der Waals surface area contributed by atoms with E-state index in [2.05, 4.69) is 51.2 Å². The number of likely N-dealkylation sites (N-methyl/N-ethyl adjacent to an activating group) is 1. The first-order chi connectivity index (χ1) is 9.05. The van der Waals surface area contributed by atoms with Crippen LogP contribution in [-0.4, -0.2) is 13.1 Å². The van der Waals surface area contributed by atoms with Crippen molar-refractivity contribution >= 4 is 0 Å². The van der Waals surface area contributed by atoms with Gasteiger partial charge in [-0.25, -0.2) is 0 Å². The van der Waals surface area contributed by atoms with Crippen molar-refractivity contribution < 1.29 is 0 Å². The molecule has 106 valence electrons. The molecule has 0 saturated heterocycles. The highest BCUT2D eigenvalue weighted by atomic mass is 14.9. The summed E-state index contributed by atoms with van der Waals surface area (Å²) in [6.45, 7) is 11.3. The predicted octanol–water partition coefficient (Wildman–Crippen LogP) is 4.36. The molecule has 0 heterocycles. The Kier molecular flexibility index (Phi) is 4.67. The fraction of sp³-hybridized carbons (Fsp3) is 0.667. The average Bonchev–Trinajstić information content (AvgIpc) is 2.37. The van der Waals surface area contributed by atoms with Crippen LogP contribution in [0, 0.1) is 19.8 Å². The van der Waals surface area contributed by atoms with Crippen molar-refractivity contribution in [2.75, 3.05) is 13.1 Å². The lowest BCUT2D eigenvalue weighted by Gasteiger charge is -2.40. The molecule has 0 unspecified atom stereocenters. The van der Waals surface area contributed by atoms with Crippen LogP contribution in [0.3, 0.4) is 0 Å². The molecule has 0 aromatic heterocycles. The van der Waals surface area contributed by atoms with E-state index in [-0.39, 0.29) is 0 Å². The summed E-state index contributed by atoms with van der Waals surface area (Å²) in [6, 6.07) is 7.12. The number of nitrogens with one attached hydrogen (secondary N) is 1. The molecule has 1 N–H and O–H groups in total. The second kappa shape index (κ2) is 6.09. The van der Waals surface area contributed by atoms with Crippen LogP contribution in [0.4, 0.5) is 0 Å². The van der Waals surface area contributed by atoms with Gasteiger partial charge in [0.2, 0.25) is 0 Å². The number of hydrogen-bond donors (Lipinski definition) is 1. The minimum absolute atomic E-state index is 0.374. The second-order valence-corrected chi connectivity index (χ2v) is 6.62. The van der Waals surface area contributed by atoms with Gasteiger partial charge in [0.1, 0.15) is 0 Å². The molecule has 0 aliphatic heterocycles. The molecule has 1 nitrogen and oxygen atoms in total. The summed E-state index contributed by atoms with van der Waals surface area (Å²) in [5.74, 6) is 0.903. The molecule has 1 fully saturated rings. The van der Waals surface area contributed by atoms with Gasteiger partial charge >= 0.3 is 0 Å². The van der Waals surface area contributed by atoms with Gasteiger partial charge in [-0.05, 0) is 57.6 Å². The number of rotatable bonds is 4. The lowest BCUT2D eigenvalue weighted by Crippen LogP contribution is -2.41. The van der Waals surface area contributed by atoms with Crippen LogP contribution in [0.25, 0.3) is 0 Å². The Morgan fingerprint density at radius 1 is 1.11 bits per heavy atom. The van der Waals surface area contributed by atoms with E-state index in [0.717, 1.165) is 19.0 Å². The molecular formula is C18H29N. The van der Waals surface area contributed by atoms with Gasteiger partial charge in [-0.2, -0.15) is 0 Å². The third-order valence-corrected chi connectivity index (χ3v) is 4.78. The van der Waals surface area contributed by atoms with Gasteiger partial charge in [0.15, 0.2) is 0 Å². The fourth-order valence-electron chi connectivity index (χ4n) is 3.53. The molecular weight excluding hydrogens is 230 g/mol. The van der Waals surface area contributed by atoms with E-state index in [1.807, 2.05) is 0 Å². The molecule has 0 bridgehead atoms. The van der Waals surface area contributed by atoms with Crippen molar-refractivity contribution in [3.05, 3.63) is 34.9 Å². The zero-order chi connectivity index (χ0) is 13.9. The van der Waals surface area contributed by atoms with Gasteiger partial charge in [0.05, 0.1) is 0 Å². The molecule has 0 radical (unpaired) electrons. The van der Waals surface area contributed by atoms with Crippen molar-refractivity contribution in [1.29, 1.82) is 0 Å².